The van der Waals surface area contributed by atoms with Gasteiger partial charge in [-0.15, -0.1) is 13.2 Å². The van der Waals surface area contributed by atoms with Crippen LogP contribution in [0.2, 0.25) is 10.0 Å². The van der Waals surface area contributed by atoms with E-state index < -0.39 is 6.36 Å². The first kappa shape index (κ1) is 15.9. The van der Waals surface area contributed by atoms with Crippen molar-refractivity contribution in [3.63, 3.8) is 0 Å². The molecule has 0 spiro atoms. The van der Waals surface area contributed by atoms with Gasteiger partial charge in [0.05, 0.1) is 0 Å². The monoisotopic (exact) mass is 335 g/mol. The third kappa shape index (κ3) is 4.27. The average Bonchev–Trinajstić information content (AvgIpc) is 2.36. The van der Waals surface area contributed by atoms with E-state index in [4.69, 9.17) is 28.9 Å². The van der Waals surface area contributed by atoms with Crippen molar-refractivity contribution in [1.82, 2.24) is 0 Å². The van der Waals surface area contributed by atoms with Crippen LogP contribution in [0.4, 0.5) is 13.2 Å². The number of halogens is 5. The molecule has 112 valence electrons. The van der Waals surface area contributed by atoms with Gasteiger partial charge < -0.3 is 10.5 Å². The third-order valence-corrected chi connectivity index (χ3v) is 3.14. The summed E-state index contributed by atoms with van der Waals surface area (Å²) >= 11 is 11.8. The number of hydrogen-bond acceptors (Lipinski definition) is 2. The molecule has 0 bridgehead atoms. The van der Waals surface area contributed by atoms with Crippen molar-refractivity contribution in [2.45, 2.75) is 12.9 Å². The van der Waals surface area contributed by atoms with E-state index in [2.05, 4.69) is 4.74 Å². The van der Waals surface area contributed by atoms with Crippen LogP contribution in [-0.4, -0.2) is 6.36 Å². The molecule has 0 atom stereocenters. The van der Waals surface area contributed by atoms with Crippen LogP contribution < -0.4 is 10.5 Å². The zero-order valence-corrected chi connectivity index (χ0v) is 12.1. The lowest BCUT2D eigenvalue weighted by atomic mass is 10.0. The molecule has 7 heteroatoms. The van der Waals surface area contributed by atoms with Crippen molar-refractivity contribution in [2.75, 3.05) is 0 Å². The Morgan fingerprint density at radius 1 is 0.952 bits per heavy atom. The van der Waals surface area contributed by atoms with Crippen LogP contribution in [0.1, 0.15) is 5.56 Å². The normalized spacial score (nSPS) is 11.5. The largest absolute Gasteiger partial charge is 0.573 e. The van der Waals surface area contributed by atoms with E-state index in [1.165, 1.54) is 18.2 Å². The highest BCUT2D eigenvalue weighted by molar-refractivity contribution is 6.35. The van der Waals surface area contributed by atoms with Crippen molar-refractivity contribution >= 4 is 23.2 Å². The van der Waals surface area contributed by atoms with Crippen LogP contribution in [0.25, 0.3) is 11.1 Å². The highest BCUT2D eigenvalue weighted by Crippen LogP contribution is 2.32. The third-order valence-electron chi connectivity index (χ3n) is 2.70. The van der Waals surface area contributed by atoms with Crippen molar-refractivity contribution < 1.29 is 17.9 Å². The smallest absolute Gasteiger partial charge is 0.405 e. The Morgan fingerprint density at radius 2 is 1.57 bits per heavy atom. The van der Waals surface area contributed by atoms with Gasteiger partial charge >= 0.3 is 6.36 Å². The van der Waals surface area contributed by atoms with Crippen LogP contribution >= 0.6 is 23.2 Å². The lowest BCUT2D eigenvalue weighted by Crippen LogP contribution is -2.18. The van der Waals surface area contributed by atoms with E-state index in [-0.39, 0.29) is 17.9 Å². The van der Waals surface area contributed by atoms with E-state index in [0.717, 1.165) is 0 Å². The minimum atomic E-state index is -4.76. The predicted octanol–water partition coefficient (Wildman–Crippen LogP) is 5.02. The van der Waals surface area contributed by atoms with Crippen LogP contribution in [0.15, 0.2) is 36.4 Å². The molecule has 0 heterocycles. The first-order valence-electron chi connectivity index (χ1n) is 5.84. The van der Waals surface area contributed by atoms with Gasteiger partial charge in [-0.1, -0.05) is 29.3 Å². The molecule has 0 fully saturated rings. The number of hydrogen-bond donors (Lipinski definition) is 1. The Labute approximate surface area is 129 Å². The Bertz CT molecular complexity index is 639. The summed E-state index contributed by atoms with van der Waals surface area (Å²) in [6.45, 7) is -0.0897. The van der Waals surface area contributed by atoms with Crippen molar-refractivity contribution in [3.8, 4) is 16.9 Å². The lowest BCUT2D eigenvalue weighted by molar-refractivity contribution is -0.274. The summed E-state index contributed by atoms with van der Waals surface area (Å²) in [5.41, 5.74) is 7.04. The molecule has 0 aliphatic rings. The maximum Gasteiger partial charge on any atom is 0.573 e. The van der Waals surface area contributed by atoms with Crippen LogP contribution in [0, 0.1) is 0 Å². The summed E-state index contributed by atoms with van der Waals surface area (Å²) in [6.07, 6.45) is -4.76. The van der Waals surface area contributed by atoms with Gasteiger partial charge in [0, 0.05) is 22.2 Å². The highest BCUT2D eigenvalue weighted by atomic mass is 35.5. The zero-order chi connectivity index (χ0) is 15.6. The summed E-state index contributed by atoms with van der Waals surface area (Å²) in [7, 11) is 0. The topological polar surface area (TPSA) is 35.2 Å². The van der Waals surface area contributed by atoms with Crippen molar-refractivity contribution in [2.24, 2.45) is 5.73 Å². The highest BCUT2D eigenvalue weighted by Gasteiger charge is 2.32. The number of rotatable bonds is 3. The molecule has 21 heavy (non-hydrogen) atoms. The van der Waals surface area contributed by atoms with Gasteiger partial charge in [0.1, 0.15) is 5.75 Å². The molecule has 2 rings (SSSR count). The van der Waals surface area contributed by atoms with E-state index in [9.17, 15) is 13.2 Å². The molecule has 0 unspecified atom stereocenters. The van der Waals surface area contributed by atoms with E-state index in [1.54, 1.807) is 18.2 Å². The molecule has 2 nitrogen and oxygen atoms in total. The Balaban J connectivity index is 2.43. The molecule has 0 radical (unpaired) electrons. The Kier molecular flexibility index (Phi) is 4.66. The average molecular weight is 336 g/mol. The van der Waals surface area contributed by atoms with Crippen LogP contribution in [0.5, 0.6) is 5.75 Å². The maximum absolute atomic E-state index is 12.3. The van der Waals surface area contributed by atoms with Gasteiger partial charge in [0.15, 0.2) is 0 Å². The number of alkyl halides is 3. The summed E-state index contributed by atoms with van der Waals surface area (Å²) in [5, 5.41) is 0.866. The fraction of sp³-hybridized carbons (Fsp3) is 0.143. The second-order valence-corrected chi connectivity index (χ2v) is 5.11. The van der Waals surface area contributed by atoms with E-state index in [0.29, 0.717) is 21.2 Å². The number of nitrogens with two attached hydrogens (primary N) is 1. The van der Waals surface area contributed by atoms with Crippen LogP contribution in [-0.2, 0) is 6.54 Å². The quantitative estimate of drug-likeness (QED) is 0.854. The molecular weight excluding hydrogens is 326 g/mol. The molecule has 2 aromatic carbocycles. The zero-order valence-electron chi connectivity index (χ0n) is 10.5. The molecular formula is C14H10Cl2F3NO. The van der Waals surface area contributed by atoms with E-state index >= 15 is 0 Å². The molecule has 0 aliphatic heterocycles. The molecule has 0 saturated heterocycles. The van der Waals surface area contributed by atoms with Crippen molar-refractivity contribution in [3.05, 3.63) is 52.0 Å². The van der Waals surface area contributed by atoms with Gasteiger partial charge in [-0.3, -0.25) is 0 Å². The first-order chi connectivity index (χ1) is 9.78. The SMILES string of the molecule is NCc1cc(-c2cc(Cl)cc(Cl)c2)ccc1OC(F)(F)F. The molecule has 0 saturated carbocycles. The summed E-state index contributed by atoms with van der Waals surface area (Å²) in [6, 6.07) is 9.11. The fourth-order valence-corrected chi connectivity index (χ4v) is 2.39. The van der Waals surface area contributed by atoms with Gasteiger partial charge in [-0.05, 0) is 41.5 Å². The fourth-order valence-electron chi connectivity index (χ4n) is 1.86. The second kappa shape index (κ2) is 6.13. The molecule has 0 aliphatic carbocycles. The number of ether oxygens (including phenoxy) is 1. The standard InChI is InChI=1S/C14H10Cl2F3NO/c15-11-4-9(5-12(16)6-11)8-1-2-13(10(3-8)7-20)21-14(17,18)19/h1-6H,7,20H2. The van der Waals surface area contributed by atoms with Crippen molar-refractivity contribution in [1.29, 1.82) is 0 Å². The van der Waals surface area contributed by atoms with Gasteiger partial charge in [0.25, 0.3) is 0 Å². The number of benzene rings is 2. The lowest BCUT2D eigenvalue weighted by Gasteiger charge is -2.14. The minimum absolute atomic E-state index is 0.0897. The summed E-state index contributed by atoms with van der Waals surface area (Å²) in [4.78, 5) is 0. The summed E-state index contributed by atoms with van der Waals surface area (Å²) in [5.74, 6) is -0.318. The molecule has 2 aromatic rings. The molecule has 0 amide bonds. The molecule has 2 N–H and O–H groups in total. The van der Waals surface area contributed by atoms with Gasteiger partial charge in [-0.25, -0.2) is 0 Å². The predicted molar refractivity (Wildman–Crippen MR) is 76.5 cm³/mol. The second-order valence-electron chi connectivity index (χ2n) is 4.23. The minimum Gasteiger partial charge on any atom is -0.405 e. The Hall–Kier alpha value is -1.43. The summed E-state index contributed by atoms with van der Waals surface area (Å²) < 4.78 is 40.8. The maximum atomic E-state index is 12.3. The molecule has 0 aromatic heterocycles. The van der Waals surface area contributed by atoms with Gasteiger partial charge in [0.2, 0.25) is 0 Å². The van der Waals surface area contributed by atoms with E-state index in [1.807, 2.05) is 0 Å². The Morgan fingerprint density at radius 3 is 2.10 bits per heavy atom. The first-order valence-corrected chi connectivity index (χ1v) is 6.59. The van der Waals surface area contributed by atoms with Crippen LogP contribution in [0.3, 0.4) is 0 Å². The van der Waals surface area contributed by atoms with Gasteiger partial charge in [-0.2, -0.15) is 0 Å².